The van der Waals surface area contributed by atoms with Crippen LogP contribution in [-0.2, 0) is 11.8 Å². The van der Waals surface area contributed by atoms with Crippen molar-refractivity contribution in [2.45, 2.75) is 12.8 Å². The van der Waals surface area contributed by atoms with Gasteiger partial charge in [0.15, 0.2) is 17.4 Å². The average molecular weight is 546 g/mol. The van der Waals surface area contributed by atoms with E-state index in [1.54, 1.807) is 11.9 Å². The van der Waals surface area contributed by atoms with Gasteiger partial charge < -0.3 is 24.8 Å². The molecule has 1 aromatic heterocycles. The van der Waals surface area contributed by atoms with E-state index in [1.807, 2.05) is 0 Å². The molecule has 12 heteroatoms. The quantitative estimate of drug-likeness (QED) is 0.489. The number of carbonyl (C=O) groups is 3. The molecule has 0 atom stereocenters. The van der Waals surface area contributed by atoms with Crippen molar-refractivity contribution in [2.75, 3.05) is 32.6 Å². The second-order valence-corrected chi connectivity index (χ2v) is 9.21. The van der Waals surface area contributed by atoms with Crippen LogP contribution in [0.5, 0.6) is 5.75 Å². The van der Waals surface area contributed by atoms with Gasteiger partial charge in [0.2, 0.25) is 11.7 Å². The molecule has 1 fully saturated rings. The molecule has 1 aliphatic heterocycles. The van der Waals surface area contributed by atoms with Gasteiger partial charge in [-0.25, -0.2) is 9.37 Å². The zero-order valence-corrected chi connectivity index (χ0v) is 21.7. The predicted octanol–water partition coefficient (Wildman–Crippen LogP) is 3.88. The minimum absolute atomic E-state index is 0.0312. The molecule has 0 saturated carbocycles. The van der Waals surface area contributed by atoms with E-state index < -0.39 is 17.5 Å². The molecule has 3 amide bonds. The summed E-state index contributed by atoms with van der Waals surface area (Å²) in [5.74, 6) is -3.57. The maximum Gasteiger partial charge on any atom is 0.291 e. The maximum atomic E-state index is 14.6. The molecule has 0 bridgehead atoms. The van der Waals surface area contributed by atoms with Crippen LogP contribution in [0.15, 0.2) is 36.5 Å². The van der Waals surface area contributed by atoms with Crippen LogP contribution in [-0.4, -0.2) is 59.4 Å². The molecule has 4 rings (SSSR count). The van der Waals surface area contributed by atoms with E-state index in [4.69, 9.17) is 16.3 Å². The van der Waals surface area contributed by atoms with Gasteiger partial charge in [-0.15, -0.1) is 0 Å². The summed E-state index contributed by atoms with van der Waals surface area (Å²) >= 11 is 6.38. The van der Waals surface area contributed by atoms with Crippen LogP contribution in [0.25, 0.3) is 11.3 Å². The monoisotopic (exact) mass is 545 g/mol. The molecular formula is C26H26ClF2N5O4. The third-order valence-electron chi connectivity index (χ3n) is 6.59. The van der Waals surface area contributed by atoms with E-state index in [2.05, 4.69) is 15.6 Å². The first-order valence-electron chi connectivity index (χ1n) is 11.8. The summed E-state index contributed by atoms with van der Waals surface area (Å²) in [4.78, 5) is 43.4. The zero-order chi connectivity index (χ0) is 27.6. The third-order valence-corrected chi connectivity index (χ3v) is 6.90. The summed E-state index contributed by atoms with van der Waals surface area (Å²) in [6.45, 7) is 0.873. The van der Waals surface area contributed by atoms with Gasteiger partial charge >= 0.3 is 0 Å². The standard InChI is InChI=1S/C26H26ClF2N5O4/c1-30-24(35)14-8-10-34(11-9-14)26(37)16-5-4-15(12-18(16)27)32-25(36)23-31-13-19(33(23)2)17-6-7-20(38-3)22(29)21(17)28/h4-7,12-14H,8-11H2,1-3H3,(H,30,35)(H,32,36). The lowest BCUT2D eigenvalue weighted by Crippen LogP contribution is -2.42. The Morgan fingerprint density at radius 1 is 1.11 bits per heavy atom. The van der Waals surface area contributed by atoms with E-state index in [1.165, 1.54) is 55.3 Å². The van der Waals surface area contributed by atoms with Crippen molar-refractivity contribution in [1.29, 1.82) is 0 Å². The number of ether oxygens (including phenoxy) is 1. The molecular weight excluding hydrogens is 520 g/mol. The van der Waals surface area contributed by atoms with Crippen molar-refractivity contribution in [3.63, 3.8) is 0 Å². The van der Waals surface area contributed by atoms with Crippen LogP contribution in [0, 0.1) is 17.6 Å². The summed E-state index contributed by atoms with van der Waals surface area (Å²) in [5.41, 5.74) is 0.705. The highest BCUT2D eigenvalue weighted by Gasteiger charge is 2.28. The van der Waals surface area contributed by atoms with Gasteiger partial charge in [-0.2, -0.15) is 4.39 Å². The van der Waals surface area contributed by atoms with Crippen molar-refractivity contribution in [1.82, 2.24) is 19.8 Å². The Balaban J connectivity index is 1.46. The van der Waals surface area contributed by atoms with Gasteiger partial charge in [0.1, 0.15) is 0 Å². The minimum Gasteiger partial charge on any atom is -0.494 e. The number of methoxy groups -OCH3 is 1. The van der Waals surface area contributed by atoms with Gasteiger partial charge in [0.05, 0.1) is 29.6 Å². The summed E-state index contributed by atoms with van der Waals surface area (Å²) in [5, 5.41) is 5.44. The SMILES string of the molecule is CNC(=O)C1CCN(C(=O)c2ccc(NC(=O)c3ncc(-c4ccc(OC)c(F)c4F)n3C)cc2Cl)CC1. The number of likely N-dealkylation sites (tertiary alicyclic amines) is 1. The summed E-state index contributed by atoms with van der Waals surface area (Å²) in [6, 6.07) is 7.13. The molecule has 0 spiro atoms. The van der Waals surface area contributed by atoms with Crippen LogP contribution in [0.2, 0.25) is 5.02 Å². The van der Waals surface area contributed by atoms with E-state index in [0.29, 0.717) is 31.6 Å². The maximum absolute atomic E-state index is 14.6. The zero-order valence-electron chi connectivity index (χ0n) is 21.0. The van der Waals surface area contributed by atoms with Crippen LogP contribution >= 0.6 is 11.6 Å². The number of imidazole rings is 1. The van der Waals surface area contributed by atoms with Crippen molar-refractivity contribution in [3.8, 4) is 17.0 Å². The first kappa shape index (κ1) is 27.1. The van der Waals surface area contributed by atoms with Crippen molar-refractivity contribution >= 4 is 35.0 Å². The molecule has 1 aliphatic rings. The number of piperidine rings is 1. The van der Waals surface area contributed by atoms with E-state index in [-0.39, 0.29) is 51.1 Å². The smallest absolute Gasteiger partial charge is 0.291 e. The number of hydrogen-bond acceptors (Lipinski definition) is 5. The molecule has 9 nitrogen and oxygen atoms in total. The van der Waals surface area contributed by atoms with Gasteiger partial charge in [0.25, 0.3) is 11.8 Å². The number of hydrogen-bond donors (Lipinski definition) is 2. The minimum atomic E-state index is -1.14. The molecule has 0 radical (unpaired) electrons. The Morgan fingerprint density at radius 2 is 1.82 bits per heavy atom. The van der Waals surface area contributed by atoms with E-state index >= 15 is 0 Å². The Labute approximate surface area is 222 Å². The number of carbonyl (C=O) groups excluding carboxylic acids is 3. The number of nitrogens with zero attached hydrogens (tertiary/aromatic N) is 3. The molecule has 3 aromatic rings. The van der Waals surface area contributed by atoms with Gasteiger partial charge in [0, 0.05) is 44.4 Å². The number of benzene rings is 2. The number of rotatable bonds is 6. The number of nitrogens with one attached hydrogen (secondary N) is 2. The molecule has 2 heterocycles. The van der Waals surface area contributed by atoms with Gasteiger partial charge in [-0.05, 0) is 43.2 Å². The Hall–Kier alpha value is -3.99. The van der Waals surface area contributed by atoms with Crippen molar-refractivity contribution in [2.24, 2.45) is 13.0 Å². The number of halogens is 3. The molecule has 1 saturated heterocycles. The molecule has 0 aliphatic carbocycles. The third kappa shape index (κ3) is 5.19. The van der Waals surface area contributed by atoms with Crippen LogP contribution in [0.3, 0.4) is 0 Å². The highest BCUT2D eigenvalue weighted by molar-refractivity contribution is 6.34. The van der Waals surface area contributed by atoms with Crippen LogP contribution in [0.1, 0.15) is 33.8 Å². The fourth-order valence-electron chi connectivity index (χ4n) is 4.43. The number of aromatic nitrogens is 2. The fraction of sp³-hybridized carbons (Fsp3) is 0.308. The number of anilines is 1. The highest BCUT2D eigenvalue weighted by Crippen LogP contribution is 2.30. The van der Waals surface area contributed by atoms with Crippen LogP contribution in [0.4, 0.5) is 14.5 Å². The largest absolute Gasteiger partial charge is 0.494 e. The van der Waals surface area contributed by atoms with Crippen LogP contribution < -0.4 is 15.4 Å². The van der Waals surface area contributed by atoms with E-state index in [9.17, 15) is 23.2 Å². The summed E-state index contributed by atoms with van der Waals surface area (Å²) in [7, 11) is 4.33. The molecule has 38 heavy (non-hydrogen) atoms. The normalized spacial score (nSPS) is 13.8. The molecule has 2 aromatic carbocycles. The Morgan fingerprint density at radius 3 is 2.45 bits per heavy atom. The lowest BCUT2D eigenvalue weighted by Gasteiger charge is -2.31. The first-order valence-corrected chi connectivity index (χ1v) is 12.2. The predicted molar refractivity (Wildman–Crippen MR) is 137 cm³/mol. The summed E-state index contributed by atoms with van der Waals surface area (Å²) in [6.07, 6.45) is 2.40. The first-order chi connectivity index (χ1) is 18.2. The summed E-state index contributed by atoms with van der Waals surface area (Å²) < 4.78 is 34.9. The second kappa shape index (κ2) is 11.2. The van der Waals surface area contributed by atoms with Crippen molar-refractivity contribution < 1.29 is 27.9 Å². The molecule has 200 valence electrons. The van der Waals surface area contributed by atoms with E-state index in [0.717, 1.165) is 0 Å². The number of amides is 3. The fourth-order valence-corrected chi connectivity index (χ4v) is 4.69. The highest BCUT2D eigenvalue weighted by atomic mass is 35.5. The lowest BCUT2D eigenvalue weighted by atomic mass is 9.95. The Kier molecular flexibility index (Phi) is 7.96. The van der Waals surface area contributed by atoms with Gasteiger partial charge in [-0.3, -0.25) is 14.4 Å². The van der Waals surface area contributed by atoms with Crippen molar-refractivity contribution in [3.05, 3.63) is 64.6 Å². The Bertz CT molecular complexity index is 1400. The lowest BCUT2D eigenvalue weighted by molar-refractivity contribution is -0.125. The average Bonchev–Trinajstić information content (AvgIpc) is 3.30. The molecule has 0 unspecified atom stereocenters. The van der Waals surface area contributed by atoms with Gasteiger partial charge in [-0.1, -0.05) is 11.6 Å². The second-order valence-electron chi connectivity index (χ2n) is 8.80. The molecule has 2 N–H and O–H groups in total. The topological polar surface area (TPSA) is 106 Å².